The number of nitrogens with one attached hydrogen (secondary N) is 1. The van der Waals surface area contributed by atoms with Crippen molar-refractivity contribution in [2.24, 2.45) is 0 Å². The Morgan fingerprint density at radius 2 is 2.12 bits per heavy atom. The lowest BCUT2D eigenvalue weighted by molar-refractivity contribution is 0.0663. The molecule has 5 nitrogen and oxygen atoms in total. The van der Waals surface area contributed by atoms with Crippen LogP contribution in [-0.2, 0) is 0 Å². The van der Waals surface area contributed by atoms with E-state index in [1.807, 2.05) is 0 Å². The fourth-order valence-electron chi connectivity index (χ4n) is 1.42. The number of anilines is 1. The van der Waals surface area contributed by atoms with Gasteiger partial charge in [0.25, 0.3) is 0 Å². The number of likely N-dealkylation sites (N-methyl/N-ethyl adjacent to an activating group) is 1. The summed E-state index contributed by atoms with van der Waals surface area (Å²) in [5.41, 5.74) is 0. The first-order valence-corrected chi connectivity index (χ1v) is 5.46. The van der Waals surface area contributed by atoms with E-state index in [0.717, 1.165) is 26.2 Å². The fourth-order valence-corrected chi connectivity index (χ4v) is 1.42. The van der Waals surface area contributed by atoms with Crippen LogP contribution in [0.1, 0.15) is 24.4 Å². The van der Waals surface area contributed by atoms with Crippen molar-refractivity contribution in [3.05, 3.63) is 17.9 Å². The predicted octanol–water partition coefficient (Wildman–Crippen LogP) is 1.73. The summed E-state index contributed by atoms with van der Waals surface area (Å²) in [4.78, 5) is 12.8. The van der Waals surface area contributed by atoms with Crippen molar-refractivity contribution in [3.63, 3.8) is 0 Å². The van der Waals surface area contributed by atoms with E-state index < -0.39 is 5.97 Å². The Bertz CT molecular complexity index is 332. The summed E-state index contributed by atoms with van der Waals surface area (Å²) in [6.07, 6.45) is 0. The topological polar surface area (TPSA) is 65.7 Å². The molecule has 0 saturated heterocycles. The third-order valence-electron chi connectivity index (χ3n) is 2.44. The highest BCUT2D eigenvalue weighted by Gasteiger charge is 2.08. The minimum atomic E-state index is -1.04. The van der Waals surface area contributed by atoms with E-state index in [4.69, 9.17) is 9.52 Å². The van der Waals surface area contributed by atoms with Crippen LogP contribution >= 0.6 is 0 Å². The maximum absolute atomic E-state index is 10.6. The Morgan fingerprint density at radius 1 is 1.44 bits per heavy atom. The molecule has 0 aromatic carbocycles. The average molecular weight is 226 g/mol. The number of carboxylic acids is 1. The lowest BCUT2D eigenvalue weighted by Crippen LogP contribution is -2.28. The highest BCUT2D eigenvalue weighted by molar-refractivity contribution is 5.84. The third-order valence-corrected chi connectivity index (χ3v) is 2.44. The first-order chi connectivity index (χ1) is 7.67. The maximum atomic E-state index is 10.6. The number of carboxylic acid groups (broad SMARTS) is 1. The molecule has 0 spiro atoms. The van der Waals surface area contributed by atoms with Gasteiger partial charge in [0.1, 0.15) is 0 Å². The molecule has 0 unspecified atom stereocenters. The first kappa shape index (κ1) is 12.6. The lowest BCUT2D eigenvalue weighted by Gasteiger charge is -2.17. The van der Waals surface area contributed by atoms with Crippen LogP contribution in [0.25, 0.3) is 0 Å². The van der Waals surface area contributed by atoms with E-state index in [9.17, 15) is 4.79 Å². The van der Waals surface area contributed by atoms with Gasteiger partial charge < -0.3 is 19.7 Å². The highest BCUT2D eigenvalue weighted by Crippen LogP contribution is 2.12. The van der Waals surface area contributed by atoms with Gasteiger partial charge in [-0.3, -0.25) is 0 Å². The van der Waals surface area contributed by atoms with E-state index >= 15 is 0 Å². The van der Waals surface area contributed by atoms with Gasteiger partial charge in [0.05, 0.1) is 0 Å². The largest absolute Gasteiger partial charge is 0.475 e. The van der Waals surface area contributed by atoms with Gasteiger partial charge in [-0.1, -0.05) is 13.8 Å². The Morgan fingerprint density at radius 3 is 2.62 bits per heavy atom. The van der Waals surface area contributed by atoms with Crippen LogP contribution in [0.2, 0.25) is 0 Å². The standard InChI is InChI=1S/C11H18N2O3/c1-3-13(4-2)8-7-12-10-6-5-9(16-10)11(14)15/h5-6,12H,3-4,7-8H2,1-2H3,(H,14,15). The van der Waals surface area contributed by atoms with E-state index in [-0.39, 0.29) is 5.76 Å². The normalized spacial score (nSPS) is 10.7. The van der Waals surface area contributed by atoms with Crippen LogP contribution in [0.5, 0.6) is 0 Å². The monoisotopic (exact) mass is 226 g/mol. The number of carbonyl (C=O) groups is 1. The molecule has 0 radical (unpaired) electrons. The molecule has 1 rings (SSSR count). The molecule has 2 N–H and O–H groups in total. The second kappa shape index (κ2) is 6.17. The molecule has 0 aliphatic rings. The van der Waals surface area contributed by atoms with Crippen LogP contribution < -0.4 is 5.32 Å². The molecule has 5 heteroatoms. The molecule has 0 bridgehead atoms. The number of hydrogen-bond donors (Lipinski definition) is 2. The Balaban J connectivity index is 2.34. The third kappa shape index (κ3) is 3.58. The van der Waals surface area contributed by atoms with Crippen LogP contribution in [0.15, 0.2) is 16.5 Å². The second-order valence-corrected chi connectivity index (χ2v) is 3.42. The van der Waals surface area contributed by atoms with Crippen molar-refractivity contribution < 1.29 is 14.3 Å². The number of aromatic carboxylic acids is 1. The average Bonchev–Trinajstić information content (AvgIpc) is 2.73. The molecule has 0 fully saturated rings. The molecule has 0 amide bonds. The molecular weight excluding hydrogens is 208 g/mol. The number of nitrogens with zero attached hydrogens (tertiary/aromatic N) is 1. The molecule has 16 heavy (non-hydrogen) atoms. The predicted molar refractivity (Wildman–Crippen MR) is 61.9 cm³/mol. The van der Waals surface area contributed by atoms with Gasteiger partial charge in [0, 0.05) is 19.2 Å². The van der Waals surface area contributed by atoms with E-state index in [0.29, 0.717) is 5.88 Å². The first-order valence-electron chi connectivity index (χ1n) is 5.46. The molecule has 0 atom stereocenters. The minimum Gasteiger partial charge on any atom is -0.475 e. The molecular formula is C11H18N2O3. The van der Waals surface area contributed by atoms with E-state index in [2.05, 4.69) is 24.1 Å². The Hall–Kier alpha value is -1.49. The lowest BCUT2D eigenvalue weighted by atomic mass is 10.4. The SMILES string of the molecule is CCN(CC)CCNc1ccc(C(=O)O)o1. The van der Waals surface area contributed by atoms with Gasteiger partial charge in [-0.05, 0) is 19.2 Å². The van der Waals surface area contributed by atoms with Crippen molar-refractivity contribution >= 4 is 11.9 Å². The molecule has 0 aliphatic heterocycles. The Labute approximate surface area is 95.0 Å². The van der Waals surface area contributed by atoms with Gasteiger partial charge in [-0.2, -0.15) is 0 Å². The molecule has 1 heterocycles. The zero-order chi connectivity index (χ0) is 12.0. The van der Waals surface area contributed by atoms with Crippen molar-refractivity contribution in [2.45, 2.75) is 13.8 Å². The van der Waals surface area contributed by atoms with Gasteiger partial charge in [-0.25, -0.2) is 4.79 Å². The van der Waals surface area contributed by atoms with Crippen molar-refractivity contribution in [3.8, 4) is 0 Å². The summed E-state index contributed by atoms with van der Waals surface area (Å²) in [6.45, 7) is 7.90. The summed E-state index contributed by atoms with van der Waals surface area (Å²) in [5, 5.41) is 11.7. The van der Waals surface area contributed by atoms with E-state index in [1.54, 1.807) is 6.07 Å². The van der Waals surface area contributed by atoms with Crippen molar-refractivity contribution in [2.75, 3.05) is 31.5 Å². The molecule has 90 valence electrons. The zero-order valence-corrected chi connectivity index (χ0v) is 9.69. The van der Waals surface area contributed by atoms with Gasteiger partial charge in [0.2, 0.25) is 5.76 Å². The molecule has 1 aromatic rings. The second-order valence-electron chi connectivity index (χ2n) is 3.42. The fraction of sp³-hybridized carbons (Fsp3) is 0.545. The van der Waals surface area contributed by atoms with Crippen LogP contribution in [0.3, 0.4) is 0 Å². The van der Waals surface area contributed by atoms with E-state index in [1.165, 1.54) is 6.07 Å². The summed E-state index contributed by atoms with van der Waals surface area (Å²) >= 11 is 0. The molecule has 0 aliphatic carbocycles. The molecule has 1 aromatic heterocycles. The number of furan rings is 1. The van der Waals surface area contributed by atoms with Crippen LogP contribution in [-0.4, -0.2) is 42.2 Å². The number of rotatable bonds is 7. The van der Waals surface area contributed by atoms with Gasteiger partial charge >= 0.3 is 5.97 Å². The van der Waals surface area contributed by atoms with Crippen molar-refractivity contribution in [1.29, 1.82) is 0 Å². The number of hydrogen-bond acceptors (Lipinski definition) is 4. The Kier molecular flexibility index (Phi) is 4.85. The summed E-state index contributed by atoms with van der Waals surface area (Å²) in [6, 6.07) is 3.08. The van der Waals surface area contributed by atoms with Crippen molar-refractivity contribution in [1.82, 2.24) is 4.90 Å². The quantitative estimate of drug-likeness (QED) is 0.741. The van der Waals surface area contributed by atoms with Gasteiger partial charge in [0.15, 0.2) is 5.88 Å². The highest BCUT2D eigenvalue weighted by atomic mass is 16.4. The maximum Gasteiger partial charge on any atom is 0.371 e. The zero-order valence-electron chi connectivity index (χ0n) is 9.69. The smallest absolute Gasteiger partial charge is 0.371 e. The summed E-state index contributed by atoms with van der Waals surface area (Å²) in [5.74, 6) is -0.577. The summed E-state index contributed by atoms with van der Waals surface area (Å²) in [7, 11) is 0. The van der Waals surface area contributed by atoms with Gasteiger partial charge in [-0.15, -0.1) is 0 Å². The van der Waals surface area contributed by atoms with Crippen LogP contribution in [0.4, 0.5) is 5.88 Å². The summed E-state index contributed by atoms with van der Waals surface area (Å²) < 4.78 is 5.06. The minimum absolute atomic E-state index is 0.0367. The van der Waals surface area contributed by atoms with Crippen LogP contribution in [0, 0.1) is 0 Å². The molecule has 0 saturated carbocycles.